The summed E-state index contributed by atoms with van der Waals surface area (Å²) in [6.45, 7) is 3.37. The summed E-state index contributed by atoms with van der Waals surface area (Å²) in [5, 5.41) is 2.57. The van der Waals surface area contributed by atoms with Crippen molar-refractivity contribution in [2.24, 2.45) is 0 Å². The third-order valence-corrected chi connectivity index (χ3v) is 4.60. The summed E-state index contributed by atoms with van der Waals surface area (Å²) in [5.74, 6) is -1.65. The molecule has 0 aliphatic carbocycles. The molecule has 0 saturated heterocycles. The summed E-state index contributed by atoms with van der Waals surface area (Å²) in [6.07, 6.45) is 0.770. The summed E-state index contributed by atoms with van der Waals surface area (Å²) in [6, 6.07) is 20.1. The Morgan fingerprint density at radius 3 is 2.24 bits per heavy atom. The molecule has 0 fully saturated rings. The van der Waals surface area contributed by atoms with Gasteiger partial charge in [-0.25, -0.2) is 9.18 Å². The predicted molar refractivity (Wildman–Crippen MR) is 111 cm³/mol. The molecule has 0 spiro atoms. The van der Waals surface area contributed by atoms with Crippen molar-refractivity contribution < 1.29 is 18.7 Å². The smallest absolute Gasteiger partial charge is 0.338 e. The molecule has 0 aliphatic heterocycles. The second-order valence-electron chi connectivity index (χ2n) is 6.63. The van der Waals surface area contributed by atoms with Gasteiger partial charge in [-0.2, -0.15) is 0 Å². The van der Waals surface area contributed by atoms with Crippen LogP contribution in [-0.4, -0.2) is 18.5 Å². The number of hydrogen-bond donors (Lipinski definition) is 1. The van der Waals surface area contributed by atoms with Crippen LogP contribution in [0.5, 0.6) is 0 Å². The largest absolute Gasteiger partial charge is 0.462 e. The topological polar surface area (TPSA) is 55.4 Å². The van der Waals surface area contributed by atoms with Gasteiger partial charge in [-0.1, -0.05) is 42.5 Å². The van der Waals surface area contributed by atoms with E-state index in [2.05, 4.69) is 5.32 Å². The van der Waals surface area contributed by atoms with Crippen LogP contribution in [0.3, 0.4) is 0 Å². The fraction of sp³-hybridized carbons (Fsp3) is 0.167. The number of amides is 1. The number of anilines is 1. The molecule has 0 unspecified atom stereocenters. The van der Waals surface area contributed by atoms with Crippen molar-refractivity contribution >= 4 is 17.6 Å². The Kier molecular flexibility index (Phi) is 6.39. The normalized spacial score (nSPS) is 10.4. The van der Waals surface area contributed by atoms with E-state index in [4.69, 9.17) is 4.74 Å². The fourth-order valence-electron chi connectivity index (χ4n) is 3.01. The van der Waals surface area contributed by atoms with Crippen LogP contribution in [0.4, 0.5) is 10.1 Å². The minimum Gasteiger partial charge on any atom is -0.462 e. The van der Waals surface area contributed by atoms with Crippen molar-refractivity contribution in [1.82, 2.24) is 0 Å². The fourth-order valence-corrected chi connectivity index (χ4v) is 3.01. The molecule has 1 amide bonds. The van der Waals surface area contributed by atoms with E-state index in [1.54, 1.807) is 19.1 Å². The van der Waals surface area contributed by atoms with Gasteiger partial charge in [0.25, 0.3) is 5.91 Å². The summed E-state index contributed by atoms with van der Waals surface area (Å²) in [5.41, 5.74) is 2.99. The summed E-state index contributed by atoms with van der Waals surface area (Å²) in [7, 11) is 0. The molecule has 3 aromatic carbocycles. The van der Waals surface area contributed by atoms with E-state index < -0.39 is 17.7 Å². The molecule has 0 aliphatic rings. The van der Waals surface area contributed by atoms with Gasteiger partial charge in [-0.3, -0.25) is 4.79 Å². The number of hydrogen-bond acceptors (Lipinski definition) is 3. The van der Waals surface area contributed by atoms with Crippen LogP contribution < -0.4 is 5.32 Å². The molecule has 1 N–H and O–H groups in total. The van der Waals surface area contributed by atoms with Crippen LogP contribution in [0.25, 0.3) is 0 Å². The zero-order valence-corrected chi connectivity index (χ0v) is 16.4. The highest BCUT2D eigenvalue weighted by atomic mass is 19.1. The molecule has 3 aromatic rings. The summed E-state index contributed by atoms with van der Waals surface area (Å²) >= 11 is 0. The summed E-state index contributed by atoms with van der Waals surface area (Å²) in [4.78, 5) is 24.4. The average molecular weight is 391 g/mol. The van der Waals surface area contributed by atoms with Crippen LogP contribution in [0.1, 0.15) is 44.3 Å². The molecule has 0 atom stereocenters. The maximum absolute atomic E-state index is 14.6. The van der Waals surface area contributed by atoms with Crippen molar-refractivity contribution in [3.63, 3.8) is 0 Å². The van der Waals surface area contributed by atoms with E-state index in [1.807, 2.05) is 42.5 Å². The lowest BCUT2D eigenvalue weighted by atomic mass is 10.0. The Hall–Kier alpha value is -3.47. The Morgan fingerprint density at radius 1 is 0.931 bits per heavy atom. The first-order valence-corrected chi connectivity index (χ1v) is 9.40. The Balaban J connectivity index is 1.71. The van der Waals surface area contributed by atoms with Crippen molar-refractivity contribution in [3.05, 3.63) is 100 Å². The molecule has 5 heteroatoms. The zero-order valence-electron chi connectivity index (χ0n) is 16.4. The Labute approximate surface area is 169 Å². The van der Waals surface area contributed by atoms with E-state index in [0.717, 1.165) is 12.0 Å². The van der Waals surface area contributed by atoms with Crippen LogP contribution in [-0.2, 0) is 11.2 Å². The van der Waals surface area contributed by atoms with Gasteiger partial charge in [0.05, 0.1) is 17.9 Å². The SMILES string of the molecule is CCOC(=O)c1ccc(NC(=O)c2ccc(Cc3ccccc3)cc2)c(F)c1C. The van der Waals surface area contributed by atoms with Gasteiger partial charge in [0.15, 0.2) is 0 Å². The van der Waals surface area contributed by atoms with Crippen LogP contribution in [0.15, 0.2) is 66.7 Å². The monoisotopic (exact) mass is 391 g/mol. The number of halogens is 1. The third kappa shape index (κ3) is 4.88. The maximum atomic E-state index is 14.6. The van der Waals surface area contributed by atoms with E-state index in [-0.39, 0.29) is 23.4 Å². The predicted octanol–water partition coefficient (Wildman–Crippen LogP) is 5.15. The molecule has 3 rings (SSSR count). The van der Waals surface area contributed by atoms with E-state index >= 15 is 0 Å². The number of nitrogens with one attached hydrogen (secondary N) is 1. The molecule has 0 bridgehead atoms. The number of rotatable bonds is 6. The van der Waals surface area contributed by atoms with E-state index in [9.17, 15) is 14.0 Å². The molecule has 29 heavy (non-hydrogen) atoms. The molecule has 4 nitrogen and oxygen atoms in total. The summed E-state index contributed by atoms with van der Waals surface area (Å²) < 4.78 is 19.5. The standard InChI is InChI=1S/C24H22FNO3/c1-3-29-24(28)20-13-14-21(22(25)16(20)2)26-23(27)19-11-9-18(10-12-19)15-17-7-5-4-6-8-17/h4-14H,3,15H2,1-2H3,(H,26,27). The molecule has 0 radical (unpaired) electrons. The van der Waals surface area contributed by atoms with E-state index in [0.29, 0.717) is 5.56 Å². The second-order valence-corrected chi connectivity index (χ2v) is 6.63. The highest BCUT2D eigenvalue weighted by Crippen LogP contribution is 2.23. The molecule has 0 heterocycles. The minimum absolute atomic E-state index is 0.0221. The van der Waals surface area contributed by atoms with Gasteiger partial charge < -0.3 is 10.1 Å². The minimum atomic E-state index is -0.649. The number of benzene rings is 3. The lowest BCUT2D eigenvalue weighted by Crippen LogP contribution is -2.15. The third-order valence-electron chi connectivity index (χ3n) is 4.60. The lowest BCUT2D eigenvalue weighted by Gasteiger charge is -2.12. The van der Waals surface area contributed by atoms with Crippen LogP contribution >= 0.6 is 0 Å². The number of ether oxygens (including phenoxy) is 1. The van der Waals surface area contributed by atoms with Crippen molar-refractivity contribution in [3.8, 4) is 0 Å². The number of esters is 1. The van der Waals surface area contributed by atoms with Gasteiger partial charge >= 0.3 is 5.97 Å². The molecular weight excluding hydrogens is 369 g/mol. The first-order valence-electron chi connectivity index (χ1n) is 9.40. The molecule has 0 aromatic heterocycles. The lowest BCUT2D eigenvalue weighted by molar-refractivity contribution is 0.0525. The first-order chi connectivity index (χ1) is 14.0. The van der Waals surface area contributed by atoms with Crippen molar-refractivity contribution in [1.29, 1.82) is 0 Å². The highest BCUT2D eigenvalue weighted by molar-refractivity contribution is 6.04. The van der Waals surface area contributed by atoms with Gasteiger partial charge in [0.1, 0.15) is 5.82 Å². The zero-order chi connectivity index (χ0) is 20.8. The number of carbonyl (C=O) groups excluding carboxylic acids is 2. The Morgan fingerprint density at radius 2 is 1.59 bits per heavy atom. The first kappa shape index (κ1) is 20.3. The Bertz CT molecular complexity index is 1010. The van der Waals surface area contributed by atoms with Gasteiger partial charge in [0, 0.05) is 11.1 Å². The highest BCUT2D eigenvalue weighted by Gasteiger charge is 2.18. The van der Waals surface area contributed by atoms with Crippen molar-refractivity contribution in [2.75, 3.05) is 11.9 Å². The van der Waals surface area contributed by atoms with Crippen molar-refractivity contribution in [2.45, 2.75) is 20.3 Å². The second kappa shape index (κ2) is 9.15. The van der Waals surface area contributed by atoms with Gasteiger partial charge in [0.2, 0.25) is 0 Å². The van der Waals surface area contributed by atoms with Gasteiger partial charge in [-0.05, 0) is 55.7 Å². The van der Waals surface area contributed by atoms with Gasteiger partial charge in [-0.15, -0.1) is 0 Å². The van der Waals surface area contributed by atoms with E-state index in [1.165, 1.54) is 24.6 Å². The molecular formula is C24H22FNO3. The maximum Gasteiger partial charge on any atom is 0.338 e. The quantitative estimate of drug-likeness (QED) is 0.591. The molecule has 148 valence electrons. The number of carbonyl (C=O) groups is 2. The average Bonchev–Trinajstić information content (AvgIpc) is 2.73. The van der Waals surface area contributed by atoms with Crippen LogP contribution in [0.2, 0.25) is 0 Å². The molecule has 0 saturated carbocycles. The van der Waals surface area contributed by atoms with Crippen LogP contribution in [0, 0.1) is 12.7 Å².